The molecule has 0 saturated heterocycles. The molecule has 0 aliphatic carbocycles. The van der Waals surface area contributed by atoms with Crippen LogP contribution in [0, 0.1) is 0 Å². The van der Waals surface area contributed by atoms with Crippen molar-refractivity contribution in [1.29, 1.82) is 0 Å². The molecule has 1 heterocycles. The summed E-state index contributed by atoms with van der Waals surface area (Å²) in [6.45, 7) is 0.820. The highest BCUT2D eigenvalue weighted by atomic mass is 35.5. The zero-order valence-corrected chi connectivity index (χ0v) is 12.1. The van der Waals surface area contributed by atoms with Gasteiger partial charge in [-0.25, -0.2) is 0 Å². The number of hydrogen-bond acceptors (Lipinski definition) is 4. The first-order valence-corrected chi connectivity index (χ1v) is 7.13. The maximum absolute atomic E-state index is 9.62. The van der Waals surface area contributed by atoms with Crippen molar-refractivity contribution in [2.24, 2.45) is 0 Å². The van der Waals surface area contributed by atoms with Crippen molar-refractivity contribution >= 4 is 11.6 Å². The minimum atomic E-state index is -0.211. The van der Waals surface area contributed by atoms with E-state index in [2.05, 4.69) is 5.32 Å². The minimum Gasteiger partial charge on any atom is -0.454 e. The Bertz CT molecular complexity index is 618. The van der Waals surface area contributed by atoms with E-state index < -0.39 is 0 Å². The Morgan fingerprint density at radius 1 is 1.19 bits per heavy atom. The fourth-order valence-electron chi connectivity index (χ4n) is 2.31. The largest absolute Gasteiger partial charge is 0.454 e. The molecular formula is C16H16ClNO3. The highest BCUT2D eigenvalue weighted by Crippen LogP contribution is 2.41. The Morgan fingerprint density at radius 3 is 2.76 bits per heavy atom. The van der Waals surface area contributed by atoms with E-state index in [1.54, 1.807) is 6.07 Å². The van der Waals surface area contributed by atoms with Gasteiger partial charge in [0.2, 0.25) is 6.79 Å². The van der Waals surface area contributed by atoms with Crippen LogP contribution in [0.2, 0.25) is 5.02 Å². The molecule has 0 amide bonds. The van der Waals surface area contributed by atoms with E-state index in [1.165, 1.54) is 0 Å². The highest BCUT2D eigenvalue weighted by Gasteiger charge is 2.21. The zero-order chi connectivity index (χ0) is 14.7. The van der Waals surface area contributed by atoms with E-state index in [9.17, 15) is 5.11 Å². The van der Waals surface area contributed by atoms with Gasteiger partial charge < -0.3 is 19.9 Å². The van der Waals surface area contributed by atoms with E-state index >= 15 is 0 Å². The normalized spacial score (nSPS) is 14.2. The summed E-state index contributed by atoms with van der Waals surface area (Å²) >= 11 is 6.18. The second-order valence-electron chi connectivity index (χ2n) is 4.84. The molecule has 21 heavy (non-hydrogen) atoms. The van der Waals surface area contributed by atoms with Crippen LogP contribution in [0.4, 0.5) is 0 Å². The van der Waals surface area contributed by atoms with Crippen LogP contribution in [0.5, 0.6) is 11.5 Å². The lowest BCUT2D eigenvalue weighted by molar-refractivity contribution is 0.174. The molecular weight excluding hydrogens is 290 g/mol. The van der Waals surface area contributed by atoms with Crippen LogP contribution < -0.4 is 14.8 Å². The zero-order valence-electron chi connectivity index (χ0n) is 11.4. The number of aliphatic hydroxyl groups excluding tert-OH is 1. The lowest BCUT2D eigenvalue weighted by atomic mass is 10.1. The molecule has 4 nitrogen and oxygen atoms in total. The Balaban J connectivity index is 1.76. The molecule has 1 aliphatic rings. The summed E-state index contributed by atoms with van der Waals surface area (Å²) in [5, 5.41) is 13.4. The summed E-state index contributed by atoms with van der Waals surface area (Å²) < 4.78 is 10.7. The Kier molecular flexibility index (Phi) is 4.29. The molecule has 5 heteroatoms. The number of rotatable bonds is 5. The molecule has 1 atom stereocenters. The van der Waals surface area contributed by atoms with Crippen molar-refractivity contribution in [3.05, 3.63) is 58.6 Å². The van der Waals surface area contributed by atoms with Crippen LogP contribution in [0.3, 0.4) is 0 Å². The average molecular weight is 306 g/mol. The fraction of sp³-hybridized carbons (Fsp3) is 0.250. The van der Waals surface area contributed by atoms with Gasteiger partial charge in [-0.1, -0.05) is 41.9 Å². The second kappa shape index (κ2) is 6.35. The third-order valence-corrected chi connectivity index (χ3v) is 3.71. The monoisotopic (exact) mass is 305 g/mol. The highest BCUT2D eigenvalue weighted by molar-refractivity contribution is 6.32. The summed E-state index contributed by atoms with van der Waals surface area (Å²) in [6.07, 6.45) is 0. The number of halogens is 1. The Hall–Kier alpha value is -1.75. The summed E-state index contributed by atoms with van der Waals surface area (Å²) in [5.41, 5.74) is 2.03. The van der Waals surface area contributed by atoms with E-state index in [1.807, 2.05) is 36.4 Å². The molecule has 3 rings (SSSR count). The molecule has 0 bridgehead atoms. The van der Waals surface area contributed by atoms with Gasteiger partial charge in [0, 0.05) is 6.54 Å². The van der Waals surface area contributed by atoms with Crippen LogP contribution in [0.1, 0.15) is 17.2 Å². The lowest BCUT2D eigenvalue weighted by Gasteiger charge is -2.17. The SMILES string of the molecule is OCC(NCc1ccccc1)c1cc(Cl)c2c(c1)OCO2. The number of benzene rings is 2. The number of nitrogens with one attached hydrogen (secondary N) is 1. The van der Waals surface area contributed by atoms with E-state index in [-0.39, 0.29) is 19.4 Å². The first kappa shape index (κ1) is 14.2. The molecule has 0 saturated carbocycles. The molecule has 2 N–H and O–H groups in total. The number of fused-ring (bicyclic) bond motifs is 1. The fourth-order valence-corrected chi connectivity index (χ4v) is 2.59. The topological polar surface area (TPSA) is 50.7 Å². The van der Waals surface area contributed by atoms with Crippen LogP contribution in [0.25, 0.3) is 0 Å². The van der Waals surface area contributed by atoms with Crippen LogP contribution >= 0.6 is 11.6 Å². The lowest BCUT2D eigenvalue weighted by Crippen LogP contribution is -2.24. The molecule has 1 aliphatic heterocycles. The molecule has 2 aromatic rings. The summed E-state index contributed by atoms with van der Waals surface area (Å²) in [5.74, 6) is 1.19. The van der Waals surface area contributed by atoms with Crippen molar-refractivity contribution in [1.82, 2.24) is 5.32 Å². The van der Waals surface area contributed by atoms with Crippen molar-refractivity contribution in [2.45, 2.75) is 12.6 Å². The first-order chi connectivity index (χ1) is 10.3. The van der Waals surface area contributed by atoms with Crippen molar-refractivity contribution in [2.75, 3.05) is 13.4 Å². The van der Waals surface area contributed by atoms with Gasteiger partial charge in [0.15, 0.2) is 11.5 Å². The van der Waals surface area contributed by atoms with Crippen LogP contribution in [-0.2, 0) is 6.54 Å². The van der Waals surface area contributed by atoms with Crippen LogP contribution in [0.15, 0.2) is 42.5 Å². The predicted octanol–water partition coefficient (Wildman–Crippen LogP) is 2.89. The Morgan fingerprint density at radius 2 is 2.00 bits per heavy atom. The van der Waals surface area contributed by atoms with Crippen molar-refractivity contribution < 1.29 is 14.6 Å². The maximum atomic E-state index is 9.62. The molecule has 0 aromatic heterocycles. The van der Waals surface area contributed by atoms with Gasteiger partial charge in [0.1, 0.15) is 0 Å². The Labute approximate surface area is 128 Å². The van der Waals surface area contributed by atoms with Gasteiger partial charge in [-0.3, -0.25) is 0 Å². The predicted molar refractivity (Wildman–Crippen MR) is 80.7 cm³/mol. The smallest absolute Gasteiger partial charge is 0.231 e. The molecule has 0 radical (unpaired) electrons. The molecule has 2 aromatic carbocycles. The van der Waals surface area contributed by atoms with E-state index in [0.29, 0.717) is 23.1 Å². The van der Waals surface area contributed by atoms with Crippen molar-refractivity contribution in [3.63, 3.8) is 0 Å². The summed E-state index contributed by atoms with van der Waals surface area (Å²) in [4.78, 5) is 0. The van der Waals surface area contributed by atoms with Crippen molar-refractivity contribution in [3.8, 4) is 11.5 Å². The van der Waals surface area contributed by atoms with E-state index in [4.69, 9.17) is 21.1 Å². The third kappa shape index (κ3) is 3.13. The molecule has 1 unspecified atom stereocenters. The van der Waals surface area contributed by atoms with Gasteiger partial charge in [-0.2, -0.15) is 0 Å². The quantitative estimate of drug-likeness (QED) is 0.892. The van der Waals surface area contributed by atoms with E-state index in [0.717, 1.165) is 11.1 Å². The number of ether oxygens (including phenoxy) is 2. The number of hydrogen-bond donors (Lipinski definition) is 2. The van der Waals surface area contributed by atoms with Gasteiger partial charge in [0.05, 0.1) is 17.7 Å². The first-order valence-electron chi connectivity index (χ1n) is 6.75. The van der Waals surface area contributed by atoms with Gasteiger partial charge in [0.25, 0.3) is 0 Å². The van der Waals surface area contributed by atoms with Gasteiger partial charge in [-0.15, -0.1) is 0 Å². The minimum absolute atomic E-state index is 0.0250. The van der Waals surface area contributed by atoms with Crippen LogP contribution in [-0.4, -0.2) is 18.5 Å². The van der Waals surface area contributed by atoms with Gasteiger partial charge in [-0.05, 0) is 23.3 Å². The maximum Gasteiger partial charge on any atom is 0.231 e. The standard InChI is InChI=1S/C16H16ClNO3/c17-13-6-12(7-15-16(13)21-10-20-15)14(9-19)18-8-11-4-2-1-3-5-11/h1-7,14,18-19H,8-10H2. The average Bonchev–Trinajstić information content (AvgIpc) is 2.98. The molecule has 0 spiro atoms. The third-order valence-electron chi connectivity index (χ3n) is 3.43. The van der Waals surface area contributed by atoms with Gasteiger partial charge >= 0.3 is 0 Å². The summed E-state index contributed by atoms with van der Waals surface area (Å²) in [7, 11) is 0. The molecule has 0 fully saturated rings. The summed E-state index contributed by atoms with van der Waals surface area (Å²) in [6, 6.07) is 13.5. The second-order valence-corrected chi connectivity index (χ2v) is 5.25. The number of aliphatic hydroxyl groups is 1. The molecule has 110 valence electrons.